The van der Waals surface area contributed by atoms with E-state index in [0.29, 0.717) is 12.5 Å². The van der Waals surface area contributed by atoms with Gasteiger partial charge in [-0.05, 0) is 12.3 Å². The number of hydrogen-bond acceptors (Lipinski definition) is 3. The standard InChI is InChI=1S/C13H24N2O3/c1-5-10-6-11(14-12(16)9(2)3)8-15(7-10)13(17)18-4/h9-11H,5-8H2,1-4H3,(H,14,16). The molecule has 1 saturated heterocycles. The Hall–Kier alpha value is -1.26. The van der Waals surface area contributed by atoms with E-state index in [0.717, 1.165) is 19.4 Å². The lowest BCUT2D eigenvalue weighted by molar-refractivity contribution is -0.125. The molecule has 0 aliphatic carbocycles. The molecule has 1 aliphatic rings. The number of nitrogens with one attached hydrogen (secondary N) is 1. The average molecular weight is 256 g/mol. The van der Waals surface area contributed by atoms with Crippen LogP contribution in [0.1, 0.15) is 33.6 Å². The quantitative estimate of drug-likeness (QED) is 0.835. The summed E-state index contributed by atoms with van der Waals surface area (Å²) >= 11 is 0. The van der Waals surface area contributed by atoms with Crippen LogP contribution in [0.15, 0.2) is 0 Å². The molecule has 104 valence electrons. The zero-order valence-corrected chi connectivity index (χ0v) is 11.7. The molecule has 0 aromatic carbocycles. The molecule has 1 rings (SSSR count). The van der Waals surface area contributed by atoms with Gasteiger partial charge < -0.3 is 15.0 Å². The molecule has 5 heteroatoms. The molecule has 2 unspecified atom stereocenters. The maximum atomic E-state index is 11.7. The summed E-state index contributed by atoms with van der Waals surface area (Å²) < 4.78 is 4.76. The number of methoxy groups -OCH3 is 1. The van der Waals surface area contributed by atoms with Gasteiger partial charge >= 0.3 is 6.09 Å². The van der Waals surface area contributed by atoms with Crippen molar-refractivity contribution in [2.24, 2.45) is 11.8 Å². The second-order valence-corrected chi connectivity index (χ2v) is 5.25. The number of nitrogens with zero attached hydrogens (tertiary/aromatic N) is 1. The molecule has 1 fully saturated rings. The largest absolute Gasteiger partial charge is 0.453 e. The van der Waals surface area contributed by atoms with Crippen molar-refractivity contribution in [3.63, 3.8) is 0 Å². The van der Waals surface area contributed by atoms with Gasteiger partial charge in [0.2, 0.25) is 5.91 Å². The highest BCUT2D eigenvalue weighted by atomic mass is 16.5. The third-order valence-corrected chi connectivity index (χ3v) is 3.42. The second-order valence-electron chi connectivity index (χ2n) is 5.25. The Morgan fingerprint density at radius 2 is 2.06 bits per heavy atom. The number of likely N-dealkylation sites (tertiary alicyclic amines) is 1. The Balaban J connectivity index is 2.62. The van der Waals surface area contributed by atoms with Gasteiger partial charge in [0.25, 0.3) is 0 Å². The minimum atomic E-state index is -0.308. The average Bonchev–Trinajstić information content (AvgIpc) is 2.37. The van der Waals surface area contributed by atoms with Crippen LogP contribution in [-0.2, 0) is 9.53 Å². The molecular formula is C13H24N2O3. The maximum absolute atomic E-state index is 11.7. The van der Waals surface area contributed by atoms with Crippen molar-refractivity contribution in [2.45, 2.75) is 39.7 Å². The van der Waals surface area contributed by atoms with Crippen molar-refractivity contribution in [3.05, 3.63) is 0 Å². The number of rotatable bonds is 3. The summed E-state index contributed by atoms with van der Waals surface area (Å²) in [5, 5.41) is 3.00. The fraction of sp³-hybridized carbons (Fsp3) is 0.846. The van der Waals surface area contributed by atoms with Crippen LogP contribution in [0, 0.1) is 11.8 Å². The van der Waals surface area contributed by atoms with E-state index in [1.54, 1.807) is 4.90 Å². The zero-order chi connectivity index (χ0) is 13.7. The molecule has 2 amide bonds. The third-order valence-electron chi connectivity index (χ3n) is 3.42. The Morgan fingerprint density at radius 1 is 1.39 bits per heavy atom. The third kappa shape index (κ3) is 3.89. The van der Waals surface area contributed by atoms with Crippen molar-refractivity contribution in [1.29, 1.82) is 0 Å². The summed E-state index contributed by atoms with van der Waals surface area (Å²) in [5.74, 6) is 0.440. The summed E-state index contributed by atoms with van der Waals surface area (Å²) in [6, 6.07) is 0.0395. The van der Waals surface area contributed by atoms with Crippen molar-refractivity contribution in [3.8, 4) is 0 Å². The normalized spacial score (nSPS) is 23.9. The molecule has 0 spiro atoms. The van der Waals surface area contributed by atoms with E-state index in [-0.39, 0.29) is 24.0 Å². The van der Waals surface area contributed by atoms with Gasteiger partial charge in [-0.3, -0.25) is 4.79 Å². The first-order chi connectivity index (χ1) is 8.47. The van der Waals surface area contributed by atoms with Crippen LogP contribution in [0.4, 0.5) is 4.79 Å². The fourth-order valence-corrected chi connectivity index (χ4v) is 2.25. The minimum Gasteiger partial charge on any atom is -0.453 e. The van der Waals surface area contributed by atoms with Gasteiger partial charge in [0.1, 0.15) is 0 Å². The molecule has 1 aliphatic heterocycles. The summed E-state index contributed by atoms with van der Waals surface area (Å²) in [6.07, 6.45) is 1.63. The van der Waals surface area contributed by atoms with Gasteiger partial charge in [0.15, 0.2) is 0 Å². The number of amides is 2. The van der Waals surface area contributed by atoms with Gasteiger partial charge in [0, 0.05) is 25.0 Å². The number of ether oxygens (including phenoxy) is 1. The Morgan fingerprint density at radius 3 is 2.56 bits per heavy atom. The van der Waals surface area contributed by atoms with E-state index in [1.807, 2.05) is 13.8 Å². The van der Waals surface area contributed by atoms with Crippen LogP contribution in [0.2, 0.25) is 0 Å². The molecule has 1 N–H and O–H groups in total. The van der Waals surface area contributed by atoms with E-state index in [2.05, 4.69) is 12.2 Å². The highest BCUT2D eigenvalue weighted by Gasteiger charge is 2.30. The molecule has 5 nitrogen and oxygen atoms in total. The first-order valence-electron chi connectivity index (χ1n) is 6.61. The Labute approximate surface area is 109 Å². The molecule has 0 aromatic heterocycles. The monoisotopic (exact) mass is 256 g/mol. The maximum Gasteiger partial charge on any atom is 0.409 e. The molecular weight excluding hydrogens is 232 g/mol. The van der Waals surface area contributed by atoms with E-state index in [4.69, 9.17) is 4.74 Å². The number of carbonyl (C=O) groups excluding carboxylic acids is 2. The van der Waals surface area contributed by atoms with Crippen molar-refractivity contribution >= 4 is 12.0 Å². The lowest BCUT2D eigenvalue weighted by atomic mass is 9.92. The van der Waals surface area contributed by atoms with Crippen LogP contribution in [0.25, 0.3) is 0 Å². The zero-order valence-electron chi connectivity index (χ0n) is 11.7. The summed E-state index contributed by atoms with van der Waals surface area (Å²) in [7, 11) is 1.39. The topological polar surface area (TPSA) is 58.6 Å². The van der Waals surface area contributed by atoms with Crippen LogP contribution in [0.3, 0.4) is 0 Å². The second kappa shape index (κ2) is 6.61. The van der Waals surface area contributed by atoms with Crippen LogP contribution in [0.5, 0.6) is 0 Å². The van der Waals surface area contributed by atoms with E-state index in [1.165, 1.54) is 7.11 Å². The lowest BCUT2D eigenvalue weighted by Crippen LogP contribution is -2.53. The van der Waals surface area contributed by atoms with Gasteiger partial charge in [-0.25, -0.2) is 4.79 Å². The highest BCUT2D eigenvalue weighted by Crippen LogP contribution is 2.20. The molecule has 0 bridgehead atoms. The molecule has 0 aromatic rings. The summed E-state index contributed by atoms with van der Waals surface area (Å²) in [4.78, 5) is 25.0. The fourth-order valence-electron chi connectivity index (χ4n) is 2.25. The van der Waals surface area contributed by atoms with Crippen LogP contribution < -0.4 is 5.32 Å². The molecule has 0 radical (unpaired) electrons. The molecule has 2 atom stereocenters. The van der Waals surface area contributed by atoms with Crippen molar-refractivity contribution in [1.82, 2.24) is 10.2 Å². The highest BCUT2D eigenvalue weighted by molar-refractivity contribution is 5.78. The summed E-state index contributed by atoms with van der Waals surface area (Å²) in [5.41, 5.74) is 0. The van der Waals surface area contributed by atoms with E-state index >= 15 is 0 Å². The number of hydrogen-bond donors (Lipinski definition) is 1. The molecule has 0 saturated carbocycles. The lowest BCUT2D eigenvalue weighted by Gasteiger charge is -2.37. The summed E-state index contributed by atoms with van der Waals surface area (Å²) in [6.45, 7) is 7.10. The van der Waals surface area contributed by atoms with Crippen LogP contribution >= 0.6 is 0 Å². The number of piperidine rings is 1. The Kier molecular flexibility index (Phi) is 5.44. The van der Waals surface area contributed by atoms with Gasteiger partial charge in [-0.2, -0.15) is 0 Å². The van der Waals surface area contributed by atoms with Crippen LogP contribution in [-0.4, -0.2) is 43.1 Å². The van der Waals surface area contributed by atoms with E-state index in [9.17, 15) is 9.59 Å². The smallest absolute Gasteiger partial charge is 0.409 e. The van der Waals surface area contributed by atoms with Crippen molar-refractivity contribution < 1.29 is 14.3 Å². The SMILES string of the molecule is CCC1CC(NC(=O)C(C)C)CN(C(=O)OC)C1. The minimum absolute atomic E-state index is 0.0291. The number of carbonyl (C=O) groups is 2. The predicted octanol–water partition coefficient (Wildman–Crippen LogP) is 1.63. The van der Waals surface area contributed by atoms with Crippen molar-refractivity contribution in [2.75, 3.05) is 20.2 Å². The molecule has 18 heavy (non-hydrogen) atoms. The predicted molar refractivity (Wildman–Crippen MR) is 69.1 cm³/mol. The first kappa shape index (κ1) is 14.8. The van der Waals surface area contributed by atoms with Gasteiger partial charge in [-0.15, -0.1) is 0 Å². The van der Waals surface area contributed by atoms with Gasteiger partial charge in [-0.1, -0.05) is 27.2 Å². The van der Waals surface area contributed by atoms with Gasteiger partial charge in [0.05, 0.1) is 7.11 Å². The van der Waals surface area contributed by atoms with E-state index < -0.39 is 0 Å². The Bertz CT molecular complexity index is 305. The first-order valence-corrected chi connectivity index (χ1v) is 6.61. The molecule has 1 heterocycles.